The second-order valence-electron chi connectivity index (χ2n) is 8.15. The van der Waals surface area contributed by atoms with Crippen LogP contribution < -0.4 is 9.04 Å². The number of ether oxygens (including phenoxy) is 1. The number of hydrogen-bond donors (Lipinski definition) is 0. The Morgan fingerprint density at radius 3 is 2.09 bits per heavy atom. The van der Waals surface area contributed by atoms with Crippen LogP contribution >= 0.6 is 0 Å². The molecular weight excluding hydrogens is 458 g/mol. The average molecular weight is 486 g/mol. The van der Waals surface area contributed by atoms with Crippen LogP contribution in [0.3, 0.4) is 0 Å². The van der Waals surface area contributed by atoms with Gasteiger partial charge in [-0.25, -0.2) is 8.42 Å². The van der Waals surface area contributed by atoms with Gasteiger partial charge in [-0.05, 0) is 54.8 Å². The topological polar surface area (TPSA) is 63.7 Å². The molecule has 6 heteroatoms. The summed E-state index contributed by atoms with van der Waals surface area (Å²) in [5.74, 6) is -0.182. The Bertz CT molecular complexity index is 1400. The van der Waals surface area contributed by atoms with Crippen molar-refractivity contribution >= 4 is 21.6 Å². The molecule has 178 valence electrons. The third-order valence-electron chi connectivity index (χ3n) is 5.69. The van der Waals surface area contributed by atoms with Crippen LogP contribution in [0.2, 0.25) is 0 Å². The quantitative estimate of drug-likeness (QED) is 0.306. The van der Waals surface area contributed by atoms with Gasteiger partial charge in [-0.1, -0.05) is 85.3 Å². The predicted octanol–water partition coefficient (Wildman–Crippen LogP) is 6.03. The first-order valence-electron chi connectivity index (χ1n) is 11.4. The van der Waals surface area contributed by atoms with Gasteiger partial charge in [0.25, 0.3) is 15.9 Å². The molecule has 0 saturated heterocycles. The van der Waals surface area contributed by atoms with E-state index in [0.29, 0.717) is 5.75 Å². The van der Waals surface area contributed by atoms with Gasteiger partial charge < -0.3 is 4.74 Å². The molecule has 0 saturated carbocycles. The lowest BCUT2D eigenvalue weighted by Gasteiger charge is -2.23. The Morgan fingerprint density at radius 1 is 0.800 bits per heavy atom. The van der Waals surface area contributed by atoms with Crippen LogP contribution in [0.5, 0.6) is 5.75 Å². The van der Waals surface area contributed by atoms with Crippen LogP contribution in [0.15, 0.2) is 108 Å². The van der Waals surface area contributed by atoms with Crippen LogP contribution in [-0.2, 0) is 21.2 Å². The molecule has 4 aromatic rings. The first kappa shape index (κ1) is 24.2. The molecule has 0 aliphatic heterocycles. The summed E-state index contributed by atoms with van der Waals surface area (Å²) in [7, 11) is -4.15. The van der Waals surface area contributed by atoms with Gasteiger partial charge in [-0.2, -0.15) is 4.31 Å². The average Bonchev–Trinajstić information content (AvgIpc) is 2.89. The van der Waals surface area contributed by atoms with Gasteiger partial charge >= 0.3 is 0 Å². The number of carbonyl (C=O) groups excluding carboxylic acids is 1. The molecule has 4 aromatic carbocycles. The van der Waals surface area contributed by atoms with Crippen molar-refractivity contribution in [3.63, 3.8) is 0 Å². The third kappa shape index (κ3) is 5.44. The van der Waals surface area contributed by atoms with Gasteiger partial charge in [0.2, 0.25) is 0 Å². The zero-order valence-corrected chi connectivity index (χ0v) is 20.5. The van der Waals surface area contributed by atoms with Crippen molar-refractivity contribution in [1.29, 1.82) is 0 Å². The van der Waals surface area contributed by atoms with E-state index in [2.05, 4.69) is 0 Å². The largest absolute Gasteiger partial charge is 0.483 e. The molecule has 4 rings (SSSR count). The van der Waals surface area contributed by atoms with Crippen molar-refractivity contribution in [2.45, 2.75) is 25.2 Å². The third-order valence-corrected chi connectivity index (χ3v) is 7.45. The maximum Gasteiger partial charge on any atom is 0.278 e. The van der Waals surface area contributed by atoms with Gasteiger partial charge in [0.05, 0.1) is 10.6 Å². The molecule has 1 amide bonds. The van der Waals surface area contributed by atoms with E-state index in [1.807, 2.05) is 74.5 Å². The Morgan fingerprint density at radius 2 is 1.43 bits per heavy atom. The highest BCUT2D eigenvalue weighted by Crippen LogP contribution is 2.30. The number of aryl methyl sites for hydroxylation is 2. The van der Waals surface area contributed by atoms with Crippen LogP contribution in [-0.4, -0.2) is 20.9 Å². The number of amides is 1. The van der Waals surface area contributed by atoms with Gasteiger partial charge in [-0.3, -0.25) is 4.79 Å². The molecule has 0 fully saturated rings. The lowest BCUT2D eigenvalue weighted by atomic mass is 10.1. The van der Waals surface area contributed by atoms with E-state index >= 15 is 0 Å². The van der Waals surface area contributed by atoms with Crippen LogP contribution in [0.25, 0.3) is 11.1 Å². The molecule has 0 N–H and O–H groups in total. The highest BCUT2D eigenvalue weighted by molar-refractivity contribution is 7.93. The fourth-order valence-electron chi connectivity index (χ4n) is 3.75. The summed E-state index contributed by atoms with van der Waals surface area (Å²) in [5, 5.41) is 0. The number of anilines is 1. The maximum absolute atomic E-state index is 13.6. The van der Waals surface area contributed by atoms with E-state index in [1.165, 1.54) is 12.1 Å². The molecular formula is C29H27NO4S. The number of nitrogens with zero attached hydrogens (tertiary/aromatic N) is 1. The maximum atomic E-state index is 13.6. The number of benzene rings is 4. The monoisotopic (exact) mass is 485 g/mol. The van der Waals surface area contributed by atoms with Crippen LogP contribution in [0.4, 0.5) is 5.69 Å². The molecule has 0 aromatic heterocycles. The van der Waals surface area contributed by atoms with E-state index < -0.39 is 22.5 Å². The summed E-state index contributed by atoms with van der Waals surface area (Å²) in [6.45, 7) is 3.45. The minimum absolute atomic E-state index is 0.0423. The SMILES string of the molecule is CCc1ccc(N(C(=O)COc2ccccc2-c2ccccc2)S(=O)(=O)c2ccc(C)cc2)cc1. The van der Waals surface area contributed by atoms with E-state index in [0.717, 1.165) is 33.0 Å². The number of rotatable bonds is 8. The summed E-state index contributed by atoms with van der Waals surface area (Å²) < 4.78 is 33.9. The smallest absolute Gasteiger partial charge is 0.278 e. The molecule has 0 bridgehead atoms. The normalized spacial score (nSPS) is 11.1. The molecule has 35 heavy (non-hydrogen) atoms. The molecule has 0 heterocycles. The van der Waals surface area contributed by atoms with E-state index in [-0.39, 0.29) is 10.6 Å². The molecule has 0 unspecified atom stereocenters. The molecule has 0 radical (unpaired) electrons. The van der Waals surface area contributed by atoms with E-state index in [1.54, 1.807) is 30.3 Å². The first-order valence-corrected chi connectivity index (χ1v) is 12.8. The van der Waals surface area contributed by atoms with Crippen molar-refractivity contribution in [2.24, 2.45) is 0 Å². The minimum atomic E-state index is -4.15. The van der Waals surface area contributed by atoms with Gasteiger partial charge in [-0.15, -0.1) is 0 Å². The molecule has 0 aliphatic rings. The van der Waals surface area contributed by atoms with Crippen molar-refractivity contribution in [1.82, 2.24) is 0 Å². The molecule has 0 aliphatic carbocycles. The highest BCUT2D eigenvalue weighted by atomic mass is 32.2. The molecule has 0 atom stereocenters. The van der Waals surface area contributed by atoms with Crippen LogP contribution in [0.1, 0.15) is 18.1 Å². The van der Waals surface area contributed by atoms with Crippen molar-refractivity contribution in [3.8, 4) is 16.9 Å². The Hall–Kier alpha value is -3.90. The fraction of sp³-hybridized carbons (Fsp3) is 0.138. The summed E-state index contributed by atoms with van der Waals surface area (Å²) in [5.41, 5.74) is 4.00. The van der Waals surface area contributed by atoms with E-state index in [4.69, 9.17) is 4.74 Å². The van der Waals surface area contributed by atoms with Gasteiger partial charge in [0.1, 0.15) is 5.75 Å². The minimum Gasteiger partial charge on any atom is -0.483 e. The second kappa shape index (κ2) is 10.6. The van der Waals surface area contributed by atoms with E-state index in [9.17, 15) is 13.2 Å². The number of hydrogen-bond acceptors (Lipinski definition) is 4. The zero-order chi connectivity index (χ0) is 24.8. The van der Waals surface area contributed by atoms with Crippen molar-refractivity contribution in [3.05, 3.63) is 114 Å². The van der Waals surface area contributed by atoms with Gasteiger partial charge in [0.15, 0.2) is 6.61 Å². The number of carbonyl (C=O) groups is 1. The van der Waals surface area contributed by atoms with Crippen molar-refractivity contribution in [2.75, 3.05) is 10.9 Å². The molecule has 0 spiro atoms. The lowest BCUT2D eigenvalue weighted by molar-refractivity contribution is -0.119. The first-order chi connectivity index (χ1) is 16.9. The van der Waals surface area contributed by atoms with Crippen molar-refractivity contribution < 1.29 is 17.9 Å². The summed E-state index contributed by atoms with van der Waals surface area (Å²) in [6, 6.07) is 30.5. The summed E-state index contributed by atoms with van der Waals surface area (Å²) in [4.78, 5) is 13.5. The predicted molar refractivity (Wildman–Crippen MR) is 139 cm³/mol. The number of sulfonamides is 1. The van der Waals surface area contributed by atoms with Gasteiger partial charge in [0, 0.05) is 5.56 Å². The Kier molecular flexibility index (Phi) is 7.32. The zero-order valence-electron chi connectivity index (χ0n) is 19.7. The standard InChI is InChI=1S/C29H27NO4S/c1-3-23-15-17-25(18-16-23)30(35(32,33)26-19-13-22(2)14-20-26)29(31)21-34-28-12-8-7-11-27(28)24-9-5-4-6-10-24/h4-20H,3,21H2,1-2H3. The Balaban J connectivity index is 1.67. The second-order valence-corrected chi connectivity index (χ2v) is 9.93. The summed E-state index contributed by atoms with van der Waals surface area (Å²) >= 11 is 0. The fourth-order valence-corrected chi connectivity index (χ4v) is 5.16. The summed E-state index contributed by atoms with van der Waals surface area (Å²) in [6.07, 6.45) is 0.804. The molecule has 5 nitrogen and oxygen atoms in total. The lowest BCUT2D eigenvalue weighted by Crippen LogP contribution is -2.40. The number of para-hydroxylation sites is 1. The van der Waals surface area contributed by atoms with Crippen LogP contribution in [0, 0.1) is 6.92 Å². The highest BCUT2D eigenvalue weighted by Gasteiger charge is 2.31. The Labute approximate surface area is 206 Å².